The van der Waals surface area contributed by atoms with E-state index in [0.29, 0.717) is 24.2 Å². The van der Waals surface area contributed by atoms with Crippen LogP contribution in [-0.4, -0.2) is 20.1 Å². The molecular weight excluding hydrogens is 276 g/mol. The Morgan fingerprint density at radius 1 is 1.20 bits per heavy atom. The third kappa shape index (κ3) is 2.83. The van der Waals surface area contributed by atoms with Crippen molar-refractivity contribution in [3.8, 4) is 0 Å². The van der Waals surface area contributed by atoms with Crippen molar-refractivity contribution in [1.82, 2.24) is 0 Å². The number of ether oxygens (including phenoxy) is 1. The zero-order valence-corrected chi connectivity index (χ0v) is 12.4. The first kappa shape index (κ1) is 14.9. The molecule has 0 bridgehead atoms. The third-order valence-electron chi connectivity index (χ3n) is 3.68. The molecule has 0 radical (unpaired) electrons. The van der Waals surface area contributed by atoms with Crippen LogP contribution in [0.5, 0.6) is 0 Å². The lowest BCUT2D eigenvalue weighted by atomic mass is 9.93. The van der Waals surface area contributed by atoms with Crippen molar-refractivity contribution >= 4 is 22.6 Å². The molecule has 0 fully saturated rings. The summed E-state index contributed by atoms with van der Waals surface area (Å²) in [6.45, 7) is 3.87. The lowest BCUT2D eigenvalue weighted by molar-refractivity contribution is -0.129. The summed E-state index contributed by atoms with van der Waals surface area (Å²) in [5.41, 5.74) is 0.775. The second-order valence-corrected chi connectivity index (χ2v) is 5.72. The van der Waals surface area contributed by atoms with Gasteiger partial charge in [-0.2, -0.15) is 0 Å². The average molecular weight is 293 g/mol. The monoisotopic (exact) mass is 293 g/mol. The van der Waals surface area contributed by atoms with Gasteiger partial charge in [0, 0.05) is 17.4 Å². The van der Waals surface area contributed by atoms with Gasteiger partial charge >= 0.3 is 0 Å². The normalized spacial score (nSPS) is 18.6. The molecule has 1 unspecified atom stereocenters. The summed E-state index contributed by atoms with van der Waals surface area (Å²) < 4.78 is 27.1. The lowest BCUT2D eigenvalue weighted by Crippen LogP contribution is -2.34. The van der Waals surface area contributed by atoms with Crippen LogP contribution in [0.15, 0.2) is 30.3 Å². The Kier molecular flexibility index (Phi) is 4.40. The summed E-state index contributed by atoms with van der Waals surface area (Å²) >= 11 is -2.10. The Labute approximate surface area is 121 Å². The Bertz CT molecular complexity index is 556. The molecule has 0 saturated carbocycles. The van der Waals surface area contributed by atoms with E-state index in [9.17, 15) is 13.6 Å². The first-order valence-electron chi connectivity index (χ1n) is 6.61. The number of ketones is 1. The van der Waals surface area contributed by atoms with Gasteiger partial charge in [-0.25, -0.2) is 0 Å². The summed E-state index contributed by atoms with van der Waals surface area (Å²) in [5.74, 6) is 0.559. The highest BCUT2D eigenvalue weighted by atomic mass is 32.2. The lowest BCUT2D eigenvalue weighted by Gasteiger charge is -2.25. The average Bonchev–Trinajstić information content (AvgIpc) is 2.76. The number of hydrogen-bond donors (Lipinski definition) is 0. The molecule has 5 heteroatoms. The molecule has 1 aromatic rings. The van der Waals surface area contributed by atoms with E-state index in [1.165, 1.54) is 6.08 Å². The van der Waals surface area contributed by atoms with Gasteiger partial charge in [-0.15, -0.1) is 0 Å². The molecule has 1 aromatic carbocycles. The second kappa shape index (κ2) is 5.89. The number of rotatable bonds is 5. The topological polar surface area (TPSA) is 66.4 Å². The van der Waals surface area contributed by atoms with Crippen LogP contribution in [0.4, 0.5) is 0 Å². The van der Waals surface area contributed by atoms with Crippen LogP contribution in [0.25, 0.3) is 5.76 Å². The number of hydrogen-bond acceptors (Lipinski definition) is 4. The van der Waals surface area contributed by atoms with Crippen molar-refractivity contribution in [3.63, 3.8) is 0 Å². The van der Waals surface area contributed by atoms with E-state index in [1.807, 2.05) is 13.8 Å². The molecule has 0 spiro atoms. The SMILES string of the molecule is CCC1(CC)OC(c2ccc(CS(=O)[O-])cc2)=CC1=O. The van der Waals surface area contributed by atoms with Crippen molar-refractivity contribution < 1.29 is 18.3 Å². The zero-order chi connectivity index (χ0) is 14.8. The van der Waals surface area contributed by atoms with E-state index in [1.54, 1.807) is 24.3 Å². The van der Waals surface area contributed by atoms with Crippen molar-refractivity contribution in [2.24, 2.45) is 0 Å². The molecule has 0 amide bonds. The Hall–Kier alpha value is -1.46. The van der Waals surface area contributed by atoms with Gasteiger partial charge < -0.3 is 9.29 Å². The molecule has 108 valence electrons. The first-order chi connectivity index (χ1) is 9.50. The number of carbonyl (C=O) groups excluding carboxylic acids is 1. The van der Waals surface area contributed by atoms with Crippen molar-refractivity contribution in [2.75, 3.05) is 0 Å². The van der Waals surface area contributed by atoms with E-state index in [2.05, 4.69) is 0 Å². The predicted molar refractivity (Wildman–Crippen MR) is 76.4 cm³/mol. The fourth-order valence-electron chi connectivity index (χ4n) is 2.33. The van der Waals surface area contributed by atoms with Gasteiger partial charge in [0.05, 0.1) is 0 Å². The van der Waals surface area contributed by atoms with Crippen LogP contribution in [0.2, 0.25) is 0 Å². The molecule has 1 aliphatic heterocycles. The number of carbonyl (C=O) groups is 1. The molecular formula is C15H17O4S-. The predicted octanol–water partition coefficient (Wildman–Crippen LogP) is 2.56. The molecule has 0 saturated heterocycles. The summed E-state index contributed by atoms with van der Waals surface area (Å²) in [7, 11) is 0. The van der Waals surface area contributed by atoms with Crippen LogP contribution in [0.1, 0.15) is 37.8 Å². The fraction of sp³-hybridized carbons (Fsp3) is 0.400. The molecule has 1 heterocycles. The maximum atomic E-state index is 12.1. The maximum absolute atomic E-state index is 12.1. The molecule has 20 heavy (non-hydrogen) atoms. The standard InChI is InChI=1S/C15H18O4S/c1-3-15(4-2)14(16)9-13(19-15)12-7-5-11(6-8-12)10-20(17)18/h5-9H,3-4,10H2,1-2H3,(H,17,18)/p-1. The maximum Gasteiger partial charge on any atom is 0.202 e. The molecule has 0 N–H and O–H groups in total. The Morgan fingerprint density at radius 2 is 1.80 bits per heavy atom. The van der Waals surface area contributed by atoms with E-state index in [-0.39, 0.29) is 11.5 Å². The minimum atomic E-state index is -2.10. The minimum absolute atomic E-state index is 0.00207. The Morgan fingerprint density at radius 3 is 2.25 bits per heavy atom. The van der Waals surface area contributed by atoms with E-state index >= 15 is 0 Å². The van der Waals surface area contributed by atoms with Crippen molar-refractivity contribution in [3.05, 3.63) is 41.5 Å². The Balaban J connectivity index is 2.19. The largest absolute Gasteiger partial charge is 0.772 e. The van der Waals surface area contributed by atoms with Gasteiger partial charge in [-0.1, -0.05) is 49.2 Å². The highest BCUT2D eigenvalue weighted by molar-refractivity contribution is 7.78. The van der Waals surface area contributed by atoms with Crippen LogP contribution < -0.4 is 0 Å². The zero-order valence-electron chi connectivity index (χ0n) is 11.5. The molecule has 4 nitrogen and oxygen atoms in total. The van der Waals surface area contributed by atoms with E-state index < -0.39 is 16.7 Å². The van der Waals surface area contributed by atoms with Crippen LogP contribution >= 0.6 is 0 Å². The summed E-state index contributed by atoms with van der Waals surface area (Å²) in [6, 6.07) is 7.03. The molecule has 0 aliphatic carbocycles. The van der Waals surface area contributed by atoms with Gasteiger partial charge in [-0.05, 0) is 18.4 Å². The van der Waals surface area contributed by atoms with Crippen LogP contribution in [0, 0.1) is 0 Å². The van der Waals surface area contributed by atoms with Crippen LogP contribution in [0.3, 0.4) is 0 Å². The van der Waals surface area contributed by atoms with E-state index in [0.717, 1.165) is 5.56 Å². The highest BCUT2D eigenvalue weighted by Gasteiger charge is 2.41. The summed E-state index contributed by atoms with van der Waals surface area (Å²) in [6.07, 6.45) is 2.80. The van der Waals surface area contributed by atoms with Crippen LogP contribution in [-0.2, 0) is 26.4 Å². The summed E-state index contributed by atoms with van der Waals surface area (Å²) in [4.78, 5) is 12.1. The highest BCUT2D eigenvalue weighted by Crippen LogP contribution is 2.36. The van der Waals surface area contributed by atoms with Gasteiger partial charge in [0.1, 0.15) is 5.76 Å². The van der Waals surface area contributed by atoms with Gasteiger partial charge in [-0.3, -0.25) is 9.00 Å². The quantitative estimate of drug-likeness (QED) is 0.783. The van der Waals surface area contributed by atoms with Gasteiger partial charge in [0.15, 0.2) is 5.60 Å². The summed E-state index contributed by atoms with van der Waals surface area (Å²) in [5, 5.41) is 0. The molecule has 0 aromatic heterocycles. The second-order valence-electron chi connectivity index (χ2n) is 4.82. The fourth-order valence-corrected chi connectivity index (χ4v) is 2.79. The van der Waals surface area contributed by atoms with Crippen molar-refractivity contribution in [1.29, 1.82) is 0 Å². The third-order valence-corrected chi connectivity index (χ3v) is 4.25. The number of benzene rings is 1. The molecule has 1 aliphatic rings. The molecule has 1 atom stereocenters. The minimum Gasteiger partial charge on any atom is -0.772 e. The first-order valence-corrected chi connectivity index (χ1v) is 7.85. The van der Waals surface area contributed by atoms with Gasteiger partial charge in [0.25, 0.3) is 0 Å². The van der Waals surface area contributed by atoms with Gasteiger partial charge in [0.2, 0.25) is 5.78 Å². The van der Waals surface area contributed by atoms with E-state index in [4.69, 9.17) is 4.74 Å². The van der Waals surface area contributed by atoms with Crippen molar-refractivity contribution in [2.45, 2.75) is 38.0 Å². The smallest absolute Gasteiger partial charge is 0.202 e. The molecule has 2 rings (SSSR count).